The van der Waals surface area contributed by atoms with Gasteiger partial charge >= 0.3 is 0 Å². The molecule has 8 heteroatoms. The number of hydrogen-bond donors (Lipinski definition) is 1. The van der Waals surface area contributed by atoms with Gasteiger partial charge in [0.15, 0.2) is 5.78 Å². The summed E-state index contributed by atoms with van der Waals surface area (Å²) in [5.74, 6) is 0.00807. The van der Waals surface area contributed by atoms with E-state index in [9.17, 15) is 14.4 Å². The van der Waals surface area contributed by atoms with E-state index in [2.05, 4.69) is 10.3 Å². The van der Waals surface area contributed by atoms with Gasteiger partial charge in [0, 0.05) is 24.5 Å². The molecule has 5 rings (SSSR count). The van der Waals surface area contributed by atoms with Crippen molar-refractivity contribution in [2.75, 3.05) is 13.2 Å². The number of carbonyl (C=O) groups excluding carboxylic acids is 3. The Labute approximate surface area is 178 Å². The topological polar surface area (TPSA) is 88.6 Å². The average Bonchev–Trinajstić information content (AvgIpc) is 3.16. The maximum Gasteiger partial charge on any atom is 0.262 e. The Kier molecular flexibility index (Phi) is 5.12. The predicted molar refractivity (Wildman–Crippen MR) is 111 cm³/mol. The van der Waals surface area contributed by atoms with Crippen molar-refractivity contribution in [1.29, 1.82) is 0 Å². The van der Waals surface area contributed by atoms with E-state index in [-0.39, 0.29) is 30.3 Å². The number of ether oxygens (including phenoxy) is 1. The molecule has 1 saturated carbocycles. The lowest BCUT2D eigenvalue weighted by Gasteiger charge is -2.27. The highest BCUT2D eigenvalue weighted by molar-refractivity contribution is 7.12. The number of rotatable bonds is 6. The van der Waals surface area contributed by atoms with E-state index in [4.69, 9.17) is 4.74 Å². The molecule has 1 aliphatic carbocycles. The van der Waals surface area contributed by atoms with Crippen molar-refractivity contribution in [3.05, 3.63) is 40.8 Å². The number of amides is 2. The molecule has 0 spiro atoms. The first-order chi connectivity index (χ1) is 14.6. The van der Waals surface area contributed by atoms with Gasteiger partial charge in [-0.05, 0) is 41.8 Å². The van der Waals surface area contributed by atoms with Gasteiger partial charge < -0.3 is 15.0 Å². The SMILES string of the molecule is O=C(NC(CC1CC1)C(=O)N1CCC2OCC(=O)C21)c1cc(-c2cccnc2)cs1. The summed E-state index contributed by atoms with van der Waals surface area (Å²) >= 11 is 1.35. The largest absolute Gasteiger partial charge is 0.368 e. The maximum atomic E-state index is 13.3. The van der Waals surface area contributed by atoms with Crippen LogP contribution in [0.25, 0.3) is 11.1 Å². The Bertz CT molecular complexity index is 972. The smallest absolute Gasteiger partial charge is 0.262 e. The molecule has 2 aliphatic heterocycles. The molecular formula is C22H23N3O4S. The fourth-order valence-electron chi connectivity index (χ4n) is 4.32. The highest BCUT2D eigenvalue weighted by atomic mass is 32.1. The molecule has 3 atom stereocenters. The summed E-state index contributed by atoms with van der Waals surface area (Å²) in [5.41, 5.74) is 1.88. The number of Topliss-reactive ketones (excluding diaryl/α,β-unsaturated/α-hetero) is 1. The zero-order valence-corrected chi connectivity index (χ0v) is 17.3. The Morgan fingerprint density at radius 1 is 1.30 bits per heavy atom. The van der Waals surface area contributed by atoms with E-state index in [0.717, 1.165) is 24.0 Å². The molecule has 4 heterocycles. The van der Waals surface area contributed by atoms with Crippen LogP contribution in [0.4, 0.5) is 0 Å². The van der Waals surface area contributed by atoms with Crippen LogP contribution >= 0.6 is 11.3 Å². The quantitative estimate of drug-likeness (QED) is 0.767. The third-order valence-corrected chi connectivity index (χ3v) is 7.01. The number of nitrogens with zero attached hydrogens (tertiary/aromatic N) is 2. The molecule has 7 nitrogen and oxygen atoms in total. The van der Waals surface area contributed by atoms with E-state index in [1.807, 2.05) is 23.6 Å². The number of carbonyl (C=O) groups is 3. The first kappa shape index (κ1) is 19.4. The summed E-state index contributed by atoms with van der Waals surface area (Å²) < 4.78 is 5.50. The van der Waals surface area contributed by atoms with E-state index in [0.29, 0.717) is 30.2 Å². The highest BCUT2D eigenvalue weighted by Crippen LogP contribution is 2.35. The van der Waals surface area contributed by atoms with Crippen LogP contribution in [0.1, 0.15) is 35.4 Å². The van der Waals surface area contributed by atoms with E-state index in [1.54, 1.807) is 17.3 Å². The lowest BCUT2D eigenvalue weighted by molar-refractivity contribution is -0.138. The molecular weight excluding hydrogens is 402 g/mol. The second-order valence-electron chi connectivity index (χ2n) is 8.23. The minimum Gasteiger partial charge on any atom is -0.368 e. The lowest BCUT2D eigenvalue weighted by atomic mass is 10.1. The minimum atomic E-state index is -0.610. The van der Waals surface area contributed by atoms with E-state index >= 15 is 0 Å². The molecule has 0 aromatic carbocycles. The zero-order chi connectivity index (χ0) is 20.7. The number of likely N-dealkylation sites (tertiary alicyclic amines) is 1. The first-order valence-corrected chi connectivity index (χ1v) is 11.2. The molecule has 156 valence electrons. The van der Waals surface area contributed by atoms with Gasteiger partial charge in [-0.15, -0.1) is 11.3 Å². The fraction of sp³-hybridized carbons (Fsp3) is 0.455. The second kappa shape index (κ2) is 7.92. The number of aromatic nitrogens is 1. The lowest BCUT2D eigenvalue weighted by Crippen LogP contribution is -2.52. The minimum absolute atomic E-state index is 0.0401. The van der Waals surface area contributed by atoms with Gasteiger partial charge in [0.2, 0.25) is 5.91 Å². The van der Waals surface area contributed by atoms with Gasteiger partial charge in [-0.25, -0.2) is 0 Å². The van der Waals surface area contributed by atoms with Gasteiger partial charge in [-0.3, -0.25) is 19.4 Å². The van der Waals surface area contributed by atoms with Crippen molar-refractivity contribution in [3.63, 3.8) is 0 Å². The molecule has 30 heavy (non-hydrogen) atoms. The van der Waals surface area contributed by atoms with Crippen LogP contribution in [0.5, 0.6) is 0 Å². The molecule has 0 radical (unpaired) electrons. The van der Waals surface area contributed by atoms with Crippen LogP contribution in [0.3, 0.4) is 0 Å². The van der Waals surface area contributed by atoms with Crippen LogP contribution in [-0.2, 0) is 14.3 Å². The van der Waals surface area contributed by atoms with Crippen molar-refractivity contribution < 1.29 is 19.1 Å². The Hall–Kier alpha value is -2.58. The molecule has 0 bridgehead atoms. The molecule has 1 N–H and O–H groups in total. The van der Waals surface area contributed by atoms with Crippen LogP contribution in [0.2, 0.25) is 0 Å². The average molecular weight is 426 g/mol. The summed E-state index contributed by atoms with van der Waals surface area (Å²) in [4.78, 5) is 44.7. The Morgan fingerprint density at radius 3 is 2.93 bits per heavy atom. The van der Waals surface area contributed by atoms with Crippen molar-refractivity contribution in [2.45, 2.75) is 43.9 Å². The first-order valence-electron chi connectivity index (χ1n) is 10.3. The maximum absolute atomic E-state index is 13.3. The van der Waals surface area contributed by atoms with Gasteiger partial charge in [0.1, 0.15) is 18.7 Å². The van der Waals surface area contributed by atoms with Gasteiger partial charge in [0.25, 0.3) is 5.91 Å². The standard InChI is InChI=1S/C22H23N3O4S/c26-17-11-29-18-5-7-25(20(17)18)22(28)16(8-13-3-4-13)24-21(27)19-9-15(12-30-19)14-2-1-6-23-10-14/h1-2,6,9-10,12-13,16,18,20H,3-5,7-8,11H2,(H,24,27). The zero-order valence-electron chi connectivity index (χ0n) is 16.5. The van der Waals surface area contributed by atoms with E-state index < -0.39 is 12.1 Å². The van der Waals surface area contributed by atoms with Gasteiger partial charge in [-0.2, -0.15) is 0 Å². The van der Waals surface area contributed by atoms with Crippen molar-refractivity contribution in [3.8, 4) is 11.1 Å². The van der Waals surface area contributed by atoms with Crippen LogP contribution in [0, 0.1) is 5.92 Å². The Morgan fingerprint density at radius 2 is 2.17 bits per heavy atom. The second-order valence-corrected chi connectivity index (χ2v) is 9.14. The molecule has 3 unspecified atom stereocenters. The van der Waals surface area contributed by atoms with Crippen molar-refractivity contribution in [1.82, 2.24) is 15.2 Å². The van der Waals surface area contributed by atoms with Crippen LogP contribution in [-0.4, -0.2) is 58.8 Å². The fourth-order valence-corrected chi connectivity index (χ4v) is 5.14. The number of nitrogens with one attached hydrogen (secondary N) is 1. The number of pyridine rings is 1. The predicted octanol–water partition coefficient (Wildman–Crippen LogP) is 2.28. The number of hydrogen-bond acceptors (Lipinski definition) is 6. The van der Waals surface area contributed by atoms with E-state index in [1.165, 1.54) is 11.3 Å². The summed E-state index contributed by atoms with van der Waals surface area (Å²) in [6, 6.07) is 4.53. The normalized spacial score (nSPS) is 24.0. The number of thiophene rings is 1. The highest BCUT2D eigenvalue weighted by Gasteiger charge is 2.48. The number of ketones is 1. The monoisotopic (exact) mass is 425 g/mol. The summed E-state index contributed by atoms with van der Waals surface area (Å²) in [6.07, 6.45) is 6.72. The number of fused-ring (bicyclic) bond motifs is 1. The molecule has 3 aliphatic rings. The summed E-state index contributed by atoms with van der Waals surface area (Å²) in [6.45, 7) is 0.576. The summed E-state index contributed by atoms with van der Waals surface area (Å²) in [7, 11) is 0. The third kappa shape index (κ3) is 3.77. The molecule has 2 amide bonds. The molecule has 3 fully saturated rings. The Balaban J connectivity index is 1.31. The third-order valence-electron chi connectivity index (χ3n) is 6.08. The van der Waals surface area contributed by atoms with Crippen LogP contribution in [0.15, 0.2) is 36.0 Å². The molecule has 2 aromatic heterocycles. The summed E-state index contributed by atoms with van der Waals surface area (Å²) in [5, 5.41) is 4.87. The molecule has 2 aromatic rings. The van der Waals surface area contributed by atoms with Gasteiger partial charge in [-0.1, -0.05) is 18.9 Å². The van der Waals surface area contributed by atoms with Crippen molar-refractivity contribution >= 4 is 28.9 Å². The molecule has 2 saturated heterocycles. The van der Waals surface area contributed by atoms with Crippen LogP contribution < -0.4 is 5.32 Å². The van der Waals surface area contributed by atoms with Crippen molar-refractivity contribution in [2.24, 2.45) is 5.92 Å². The van der Waals surface area contributed by atoms with Gasteiger partial charge in [0.05, 0.1) is 11.0 Å².